The Morgan fingerprint density at radius 2 is 1.69 bits per heavy atom. The van der Waals surface area contributed by atoms with Crippen molar-refractivity contribution in [2.75, 3.05) is 6.61 Å². The maximum absolute atomic E-state index is 13.2. The van der Waals surface area contributed by atoms with E-state index in [1.165, 1.54) is 18.2 Å². The predicted molar refractivity (Wildman–Crippen MR) is 103 cm³/mol. The van der Waals surface area contributed by atoms with Gasteiger partial charge >= 0.3 is 5.97 Å². The molecule has 0 bridgehead atoms. The zero-order valence-electron chi connectivity index (χ0n) is 16.2. The van der Waals surface area contributed by atoms with Gasteiger partial charge in [0.05, 0.1) is 23.3 Å². The van der Waals surface area contributed by atoms with Gasteiger partial charge in [0.15, 0.2) is 5.78 Å². The van der Waals surface area contributed by atoms with Crippen molar-refractivity contribution in [2.45, 2.75) is 30.7 Å². The molecule has 168 valence electrons. The number of carbonyl (C=O) groups excluding carboxylic acids is 2. The highest BCUT2D eigenvalue weighted by Crippen LogP contribution is 2.38. The molecule has 0 spiro atoms. The number of aromatic carboxylic acids is 1. The molecule has 2 aromatic rings. The largest absolute Gasteiger partial charge is 0.507 e. The van der Waals surface area contributed by atoms with Gasteiger partial charge in [-0.05, 0) is 18.2 Å². The number of aliphatic hydroxyl groups is 4. The van der Waals surface area contributed by atoms with Crippen molar-refractivity contribution in [2.24, 2.45) is 0 Å². The molecule has 0 saturated carbocycles. The molecule has 32 heavy (non-hydrogen) atoms. The van der Waals surface area contributed by atoms with Crippen LogP contribution in [0.15, 0.2) is 30.3 Å². The molecule has 1 aliphatic heterocycles. The fourth-order valence-electron chi connectivity index (χ4n) is 3.78. The van der Waals surface area contributed by atoms with Crippen LogP contribution in [0.2, 0.25) is 0 Å². The molecule has 4 rings (SSSR count). The van der Waals surface area contributed by atoms with E-state index in [0.29, 0.717) is 0 Å². The maximum atomic E-state index is 13.2. The van der Waals surface area contributed by atoms with Crippen LogP contribution in [0.1, 0.15) is 42.2 Å². The van der Waals surface area contributed by atoms with E-state index in [-0.39, 0.29) is 28.0 Å². The molecule has 0 radical (unpaired) electrons. The quantitative estimate of drug-likeness (QED) is 0.289. The number of phenols is 1. The standard InChI is InChI=1S/C21H18O11/c22-6-12-16(25)18(27)19(28)21(32-12)31-11-3-1-2-8-14(11)17(26)13-9(15(8)24)4-7(20(29)30)5-10(13)23/h1-5,12,16,18-19,21-23,25,27-28H,6H2,(H,29,30)/t12-,16-,18+,19-,21-/m1/s1. The summed E-state index contributed by atoms with van der Waals surface area (Å²) >= 11 is 0. The molecule has 0 unspecified atom stereocenters. The Hall–Kier alpha value is -3.35. The van der Waals surface area contributed by atoms with E-state index >= 15 is 0 Å². The first-order valence-corrected chi connectivity index (χ1v) is 9.45. The van der Waals surface area contributed by atoms with Gasteiger partial charge in [-0.1, -0.05) is 12.1 Å². The lowest BCUT2D eigenvalue weighted by Gasteiger charge is -2.39. The molecule has 2 aliphatic rings. The lowest BCUT2D eigenvalue weighted by molar-refractivity contribution is -0.277. The van der Waals surface area contributed by atoms with Crippen LogP contribution in [0, 0.1) is 0 Å². The molecule has 2 aromatic carbocycles. The summed E-state index contributed by atoms with van der Waals surface area (Å²) in [6.45, 7) is -0.692. The molecule has 1 heterocycles. The van der Waals surface area contributed by atoms with Crippen LogP contribution >= 0.6 is 0 Å². The normalized spacial score (nSPS) is 26.9. The number of ketones is 2. The van der Waals surface area contributed by atoms with Crippen molar-refractivity contribution in [1.29, 1.82) is 0 Å². The van der Waals surface area contributed by atoms with Crippen molar-refractivity contribution in [3.05, 3.63) is 58.1 Å². The minimum Gasteiger partial charge on any atom is -0.507 e. The lowest BCUT2D eigenvalue weighted by Crippen LogP contribution is -2.60. The predicted octanol–water partition coefficient (Wildman–Crippen LogP) is -0.956. The zero-order valence-corrected chi connectivity index (χ0v) is 16.2. The first-order valence-electron chi connectivity index (χ1n) is 9.45. The summed E-state index contributed by atoms with van der Waals surface area (Å²) in [5, 5.41) is 58.8. The van der Waals surface area contributed by atoms with Crippen LogP contribution < -0.4 is 4.74 Å². The lowest BCUT2D eigenvalue weighted by atomic mass is 9.82. The first-order chi connectivity index (χ1) is 15.1. The van der Waals surface area contributed by atoms with Gasteiger partial charge in [-0.15, -0.1) is 0 Å². The highest BCUT2D eigenvalue weighted by molar-refractivity contribution is 6.30. The molecular weight excluding hydrogens is 428 g/mol. The van der Waals surface area contributed by atoms with Crippen LogP contribution in [-0.2, 0) is 4.74 Å². The van der Waals surface area contributed by atoms with Crippen LogP contribution in [0.25, 0.3) is 0 Å². The van der Waals surface area contributed by atoms with E-state index in [2.05, 4.69) is 0 Å². The number of hydrogen-bond donors (Lipinski definition) is 6. The Labute approximate surface area is 179 Å². The summed E-state index contributed by atoms with van der Waals surface area (Å²) in [6.07, 6.45) is -7.95. The van der Waals surface area contributed by atoms with E-state index in [9.17, 15) is 45.0 Å². The van der Waals surface area contributed by atoms with Crippen LogP contribution in [0.3, 0.4) is 0 Å². The van der Waals surface area contributed by atoms with E-state index in [1.54, 1.807) is 0 Å². The summed E-state index contributed by atoms with van der Waals surface area (Å²) in [7, 11) is 0. The molecule has 0 amide bonds. The zero-order chi connectivity index (χ0) is 23.3. The Morgan fingerprint density at radius 3 is 2.34 bits per heavy atom. The average molecular weight is 446 g/mol. The third-order valence-electron chi connectivity index (χ3n) is 5.43. The number of phenolic OH excluding ortho intramolecular Hbond substituents is 1. The molecule has 1 saturated heterocycles. The summed E-state index contributed by atoms with van der Waals surface area (Å²) in [5.74, 6) is -3.88. The number of rotatable bonds is 4. The Kier molecular flexibility index (Phi) is 5.44. The minimum atomic E-state index is -1.75. The van der Waals surface area contributed by atoms with Crippen molar-refractivity contribution < 1.29 is 54.5 Å². The van der Waals surface area contributed by atoms with Gasteiger partial charge < -0.3 is 40.1 Å². The van der Waals surface area contributed by atoms with Gasteiger partial charge in [0.1, 0.15) is 35.9 Å². The molecule has 6 N–H and O–H groups in total. The highest BCUT2D eigenvalue weighted by atomic mass is 16.7. The molecule has 1 fully saturated rings. The number of hydrogen-bond acceptors (Lipinski definition) is 10. The molecular formula is C21H18O11. The summed E-state index contributed by atoms with van der Waals surface area (Å²) in [6, 6.07) is 5.81. The monoisotopic (exact) mass is 446 g/mol. The van der Waals surface area contributed by atoms with E-state index in [0.717, 1.165) is 12.1 Å². The molecule has 0 aromatic heterocycles. The number of fused-ring (bicyclic) bond motifs is 2. The number of aromatic hydroxyl groups is 1. The smallest absolute Gasteiger partial charge is 0.335 e. The third kappa shape index (κ3) is 3.32. The third-order valence-corrected chi connectivity index (χ3v) is 5.43. The Morgan fingerprint density at radius 1 is 0.969 bits per heavy atom. The summed E-state index contributed by atoms with van der Waals surface area (Å²) in [4.78, 5) is 37.4. The van der Waals surface area contributed by atoms with Crippen molar-refractivity contribution in [3.8, 4) is 11.5 Å². The van der Waals surface area contributed by atoms with Crippen LogP contribution in [-0.4, -0.2) is 85.5 Å². The molecule has 1 aliphatic carbocycles. The average Bonchev–Trinajstić information content (AvgIpc) is 2.77. The number of carboxylic acids is 1. The van der Waals surface area contributed by atoms with Gasteiger partial charge in [-0.25, -0.2) is 4.79 Å². The number of carbonyl (C=O) groups is 3. The fraction of sp³-hybridized carbons (Fsp3) is 0.286. The molecule has 11 nitrogen and oxygen atoms in total. The Balaban J connectivity index is 1.76. The van der Waals surface area contributed by atoms with Gasteiger partial charge in [0, 0.05) is 11.1 Å². The Bertz CT molecular complexity index is 1120. The van der Waals surface area contributed by atoms with E-state index < -0.39 is 66.2 Å². The SMILES string of the molecule is O=C(O)c1cc(O)c2c(c1)C(=O)c1cccc(O[C@@H]3O[C@H](CO)[C@@H](O)[C@H](O)[C@H]3O)c1C2=O. The second kappa shape index (κ2) is 7.97. The van der Waals surface area contributed by atoms with Crippen molar-refractivity contribution >= 4 is 17.5 Å². The van der Waals surface area contributed by atoms with Crippen LogP contribution in [0.5, 0.6) is 11.5 Å². The van der Waals surface area contributed by atoms with Crippen molar-refractivity contribution in [3.63, 3.8) is 0 Å². The van der Waals surface area contributed by atoms with Gasteiger partial charge in [-0.2, -0.15) is 0 Å². The van der Waals surface area contributed by atoms with Crippen molar-refractivity contribution in [1.82, 2.24) is 0 Å². The van der Waals surface area contributed by atoms with Gasteiger partial charge in [0.25, 0.3) is 0 Å². The second-order valence-electron chi connectivity index (χ2n) is 7.38. The summed E-state index contributed by atoms with van der Waals surface area (Å²) in [5.41, 5.74) is -1.46. The number of ether oxygens (including phenoxy) is 2. The van der Waals surface area contributed by atoms with Gasteiger partial charge in [-0.3, -0.25) is 9.59 Å². The maximum Gasteiger partial charge on any atom is 0.335 e. The molecule has 11 heteroatoms. The van der Waals surface area contributed by atoms with E-state index in [4.69, 9.17) is 9.47 Å². The summed E-state index contributed by atoms with van der Waals surface area (Å²) < 4.78 is 10.8. The first kappa shape index (κ1) is 21.9. The minimum absolute atomic E-state index is 0.133. The second-order valence-corrected chi connectivity index (χ2v) is 7.38. The number of benzene rings is 2. The number of aliphatic hydroxyl groups excluding tert-OH is 4. The highest BCUT2D eigenvalue weighted by Gasteiger charge is 2.45. The van der Waals surface area contributed by atoms with Gasteiger partial charge in [0.2, 0.25) is 12.1 Å². The number of carboxylic acid groups (broad SMARTS) is 1. The van der Waals surface area contributed by atoms with E-state index in [1.807, 2.05) is 0 Å². The topological polar surface area (TPSA) is 191 Å². The fourth-order valence-corrected chi connectivity index (χ4v) is 3.78. The molecule has 5 atom stereocenters. The van der Waals surface area contributed by atoms with Crippen LogP contribution in [0.4, 0.5) is 0 Å².